The summed E-state index contributed by atoms with van der Waals surface area (Å²) in [5, 5.41) is 0. The molecule has 1 aliphatic carbocycles. The van der Waals surface area contributed by atoms with Gasteiger partial charge in [-0.25, -0.2) is 4.39 Å². The summed E-state index contributed by atoms with van der Waals surface area (Å²) in [5.41, 5.74) is 11.4. The zero-order chi connectivity index (χ0) is 12.9. The van der Waals surface area contributed by atoms with Crippen molar-refractivity contribution >= 4 is 11.4 Å². The number of hydrogen-bond acceptors (Lipinski definition) is 2. The number of nitrogens with two attached hydrogens (primary N) is 2. The molecule has 0 atom stereocenters. The van der Waals surface area contributed by atoms with Crippen molar-refractivity contribution in [3.8, 4) is 0 Å². The van der Waals surface area contributed by atoms with Gasteiger partial charge in [-0.2, -0.15) is 0 Å². The lowest BCUT2D eigenvalue weighted by molar-refractivity contribution is 0.244. The molecule has 0 bridgehead atoms. The van der Waals surface area contributed by atoms with E-state index in [1.54, 1.807) is 6.07 Å². The van der Waals surface area contributed by atoms with E-state index < -0.39 is 5.82 Å². The standard InChI is InChI=1S/C8H16.C6H7FN2/c1-8(2)6-4-3-5-7-8;7-4-2-1-3-5(8)6(4)9/h3-7H2,1-2H3;1-3H,8-9H2. The fraction of sp³-hybridized carbons (Fsp3) is 0.571. The van der Waals surface area contributed by atoms with Crippen LogP contribution in [0.25, 0.3) is 0 Å². The molecule has 0 radical (unpaired) electrons. The topological polar surface area (TPSA) is 52.0 Å². The molecule has 0 amide bonds. The van der Waals surface area contributed by atoms with Gasteiger partial charge in [-0.3, -0.25) is 0 Å². The highest BCUT2D eigenvalue weighted by Crippen LogP contribution is 2.34. The van der Waals surface area contributed by atoms with Crippen molar-refractivity contribution < 1.29 is 4.39 Å². The highest BCUT2D eigenvalue weighted by atomic mass is 19.1. The highest BCUT2D eigenvalue weighted by Gasteiger charge is 2.19. The second kappa shape index (κ2) is 5.89. The Morgan fingerprint density at radius 1 is 1.06 bits per heavy atom. The first-order valence-corrected chi connectivity index (χ1v) is 6.22. The molecule has 0 unspecified atom stereocenters. The van der Waals surface area contributed by atoms with E-state index >= 15 is 0 Å². The molecule has 1 saturated carbocycles. The summed E-state index contributed by atoms with van der Waals surface area (Å²) < 4.78 is 12.4. The average molecular weight is 238 g/mol. The van der Waals surface area contributed by atoms with Crippen molar-refractivity contribution in [2.24, 2.45) is 5.41 Å². The van der Waals surface area contributed by atoms with Gasteiger partial charge in [-0.15, -0.1) is 0 Å². The van der Waals surface area contributed by atoms with E-state index in [0.717, 1.165) is 0 Å². The lowest BCUT2D eigenvalue weighted by Gasteiger charge is -2.28. The van der Waals surface area contributed by atoms with E-state index in [2.05, 4.69) is 13.8 Å². The lowest BCUT2D eigenvalue weighted by Crippen LogP contribution is -2.14. The Morgan fingerprint density at radius 2 is 1.65 bits per heavy atom. The Morgan fingerprint density at radius 3 is 2.00 bits per heavy atom. The largest absolute Gasteiger partial charge is 0.397 e. The fourth-order valence-electron chi connectivity index (χ4n) is 2.06. The third-order valence-corrected chi connectivity index (χ3v) is 3.29. The highest BCUT2D eigenvalue weighted by molar-refractivity contribution is 5.63. The third-order valence-electron chi connectivity index (χ3n) is 3.29. The number of para-hydroxylation sites is 1. The van der Waals surface area contributed by atoms with Gasteiger partial charge < -0.3 is 11.5 Å². The van der Waals surface area contributed by atoms with E-state index in [0.29, 0.717) is 5.41 Å². The number of hydrogen-bond donors (Lipinski definition) is 2. The van der Waals surface area contributed by atoms with Crippen LogP contribution >= 0.6 is 0 Å². The van der Waals surface area contributed by atoms with Gasteiger partial charge in [0.25, 0.3) is 0 Å². The molecule has 0 heterocycles. The summed E-state index contributed by atoms with van der Waals surface area (Å²) in [7, 11) is 0. The van der Waals surface area contributed by atoms with Crippen molar-refractivity contribution in [3.05, 3.63) is 24.0 Å². The first-order chi connectivity index (χ1) is 7.92. The van der Waals surface area contributed by atoms with Crippen LogP contribution in [0.15, 0.2) is 18.2 Å². The smallest absolute Gasteiger partial charge is 0.148 e. The number of nitrogen functional groups attached to an aromatic ring is 2. The fourth-order valence-corrected chi connectivity index (χ4v) is 2.06. The monoisotopic (exact) mass is 238 g/mol. The second-order valence-corrected chi connectivity index (χ2v) is 5.47. The van der Waals surface area contributed by atoms with Crippen LogP contribution in [0.5, 0.6) is 0 Å². The minimum Gasteiger partial charge on any atom is -0.397 e. The summed E-state index contributed by atoms with van der Waals surface area (Å²) in [4.78, 5) is 0. The van der Waals surface area contributed by atoms with Crippen LogP contribution < -0.4 is 11.5 Å². The molecular formula is C14H23FN2. The molecule has 1 fully saturated rings. The van der Waals surface area contributed by atoms with Gasteiger partial charge in [0.05, 0.1) is 11.4 Å². The van der Waals surface area contributed by atoms with E-state index in [1.165, 1.54) is 44.2 Å². The molecule has 0 spiro atoms. The Balaban J connectivity index is 0.000000171. The molecule has 3 heteroatoms. The van der Waals surface area contributed by atoms with Gasteiger partial charge in [0.15, 0.2) is 0 Å². The van der Waals surface area contributed by atoms with E-state index in [4.69, 9.17) is 11.5 Å². The molecule has 0 aromatic heterocycles. The molecule has 0 saturated heterocycles. The summed E-state index contributed by atoms with van der Waals surface area (Å²) >= 11 is 0. The molecule has 96 valence electrons. The minimum atomic E-state index is -0.463. The SMILES string of the molecule is CC1(C)CCCCC1.Nc1cccc(F)c1N. The van der Waals surface area contributed by atoms with Crippen LogP contribution in [-0.4, -0.2) is 0 Å². The van der Waals surface area contributed by atoms with E-state index in [-0.39, 0.29) is 11.4 Å². The van der Waals surface area contributed by atoms with Crippen LogP contribution in [0.4, 0.5) is 15.8 Å². The van der Waals surface area contributed by atoms with Crippen LogP contribution in [-0.2, 0) is 0 Å². The molecular weight excluding hydrogens is 215 g/mol. The van der Waals surface area contributed by atoms with Gasteiger partial charge in [-0.1, -0.05) is 39.2 Å². The molecule has 1 aromatic rings. The first-order valence-electron chi connectivity index (χ1n) is 6.22. The maximum absolute atomic E-state index is 12.4. The minimum absolute atomic E-state index is 0.0255. The molecule has 2 rings (SSSR count). The quantitative estimate of drug-likeness (QED) is 0.672. The van der Waals surface area contributed by atoms with Crippen LogP contribution in [0.3, 0.4) is 0 Å². The Bertz CT molecular complexity index is 333. The van der Waals surface area contributed by atoms with Gasteiger partial charge in [0.1, 0.15) is 5.82 Å². The molecule has 2 nitrogen and oxygen atoms in total. The van der Waals surface area contributed by atoms with E-state index in [1.807, 2.05) is 0 Å². The van der Waals surface area contributed by atoms with Crippen LogP contribution in [0, 0.1) is 11.2 Å². The number of anilines is 2. The predicted octanol–water partition coefficient (Wildman–Crippen LogP) is 3.97. The lowest BCUT2D eigenvalue weighted by atomic mass is 9.78. The zero-order valence-electron chi connectivity index (χ0n) is 10.8. The zero-order valence-corrected chi connectivity index (χ0v) is 10.8. The second-order valence-electron chi connectivity index (χ2n) is 5.47. The Kier molecular flexibility index (Phi) is 4.79. The Hall–Kier alpha value is -1.25. The normalized spacial score (nSPS) is 18.1. The van der Waals surface area contributed by atoms with Crippen molar-refractivity contribution in [2.45, 2.75) is 46.0 Å². The maximum Gasteiger partial charge on any atom is 0.148 e. The number of rotatable bonds is 0. The molecule has 17 heavy (non-hydrogen) atoms. The Labute approximate surface area is 103 Å². The van der Waals surface area contributed by atoms with E-state index in [9.17, 15) is 4.39 Å². The van der Waals surface area contributed by atoms with Gasteiger partial charge >= 0.3 is 0 Å². The first kappa shape index (κ1) is 13.8. The predicted molar refractivity (Wildman–Crippen MR) is 72.1 cm³/mol. The van der Waals surface area contributed by atoms with Gasteiger partial charge in [0.2, 0.25) is 0 Å². The number of benzene rings is 1. The maximum atomic E-state index is 12.4. The summed E-state index contributed by atoms with van der Waals surface area (Å²) in [6.07, 6.45) is 7.31. The number of halogens is 1. The van der Waals surface area contributed by atoms with Crippen molar-refractivity contribution in [2.75, 3.05) is 11.5 Å². The summed E-state index contributed by atoms with van der Waals surface area (Å²) in [6.45, 7) is 4.76. The van der Waals surface area contributed by atoms with Crippen LogP contribution in [0.2, 0.25) is 0 Å². The molecule has 1 aromatic carbocycles. The van der Waals surface area contributed by atoms with Gasteiger partial charge in [-0.05, 0) is 30.4 Å². The average Bonchev–Trinajstić information content (AvgIpc) is 2.26. The molecule has 4 N–H and O–H groups in total. The van der Waals surface area contributed by atoms with Gasteiger partial charge in [0, 0.05) is 0 Å². The summed E-state index contributed by atoms with van der Waals surface area (Å²) in [5.74, 6) is -0.463. The third kappa shape index (κ3) is 4.63. The molecule has 0 aliphatic heterocycles. The van der Waals surface area contributed by atoms with Crippen molar-refractivity contribution in [1.29, 1.82) is 0 Å². The summed E-state index contributed by atoms with van der Waals surface area (Å²) in [6, 6.07) is 4.34. The van der Waals surface area contributed by atoms with Crippen LogP contribution in [0.1, 0.15) is 46.0 Å². The van der Waals surface area contributed by atoms with Crippen molar-refractivity contribution in [3.63, 3.8) is 0 Å². The van der Waals surface area contributed by atoms with Crippen molar-refractivity contribution in [1.82, 2.24) is 0 Å². The molecule has 1 aliphatic rings.